The highest BCUT2D eigenvalue weighted by molar-refractivity contribution is 7.92. The first kappa shape index (κ1) is 17.9. The topological polar surface area (TPSA) is 46.2 Å². The molecular weight excluding hydrogens is 310 g/mol. The van der Waals surface area contributed by atoms with E-state index in [1.54, 1.807) is 0 Å². The van der Waals surface area contributed by atoms with Gasteiger partial charge in [-0.3, -0.25) is 0 Å². The largest absolute Gasteiger partial charge is 0.419 e. The predicted octanol–water partition coefficient (Wildman–Crippen LogP) is 2.76. The molecule has 0 bridgehead atoms. The van der Waals surface area contributed by atoms with Crippen molar-refractivity contribution in [3.05, 3.63) is 35.1 Å². The van der Waals surface area contributed by atoms with E-state index in [0.29, 0.717) is 0 Å². The van der Waals surface area contributed by atoms with Crippen LogP contribution in [-0.2, 0) is 22.6 Å². The van der Waals surface area contributed by atoms with Crippen LogP contribution in [0.15, 0.2) is 18.2 Å². The van der Waals surface area contributed by atoms with Gasteiger partial charge in [0.15, 0.2) is 9.84 Å². The van der Waals surface area contributed by atoms with Crippen LogP contribution in [0, 0.1) is 5.82 Å². The summed E-state index contributed by atoms with van der Waals surface area (Å²) >= 11 is 0. The van der Waals surface area contributed by atoms with Crippen LogP contribution in [0.3, 0.4) is 0 Å². The Morgan fingerprint density at radius 2 is 1.76 bits per heavy atom. The van der Waals surface area contributed by atoms with Crippen molar-refractivity contribution >= 4 is 9.84 Å². The first-order valence-corrected chi connectivity index (χ1v) is 8.00. The van der Waals surface area contributed by atoms with Gasteiger partial charge in [0.2, 0.25) is 0 Å². The molecule has 0 heterocycles. The molecule has 0 spiro atoms. The molecule has 120 valence electrons. The van der Waals surface area contributed by atoms with Crippen molar-refractivity contribution in [2.24, 2.45) is 0 Å². The van der Waals surface area contributed by atoms with E-state index < -0.39 is 32.1 Å². The zero-order valence-corrected chi connectivity index (χ0v) is 12.7. The fraction of sp³-hybridized carbons (Fsp3) is 0.538. The normalized spacial score (nSPS) is 13.5. The summed E-state index contributed by atoms with van der Waals surface area (Å²) in [6.07, 6.45) is -3.67. The molecule has 0 radical (unpaired) electrons. The lowest BCUT2D eigenvalue weighted by atomic mass is 10.1. The fourth-order valence-corrected chi connectivity index (χ4v) is 1.90. The van der Waals surface area contributed by atoms with E-state index in [1.807, 2.05) is 0 Å². The van der Waals surface area contributed by atoms with E-state index in [-0.39, 0.29) is 18.7 Å². The molecule has 0 aliphatic rings. The Balaban J connectivity index is 2.78. The van der Waals surface area contributed by atoms with Crippen LogP contribution in [0.25, 0.3) is 0 Å². The second-order valence-corrected chi connectivity index (χ2v) is 8.10. The zero-order chi connectivity index (χ0) is 16.5. The van der Waals surface area contributed by atoms with E-state index >= 15 is 0 Å². The van der Waals surface area contributed by atoms with Crippen LogP contribution < -0.4 is 5.32 Å². The van der Waals surface area contributed by atoms with Crippen LogP contribution in [0.1, 0.15) is 25.0 Å². The van der Waals surface area contributed by atoms with E-state index in [4.69, 9.17) is 0 Å². The summed E-state index contributed by atoms with van der Waals surface area (Å²) in [5.41, 5.74) is -1.10. The fourth-order valence-electron chi connectivity index (χ4n) is 1.54. The maximum Gasteiger partial charge on any atom is 0.419 e. The van der Waals surface area contributed by atoms with Crippen LogP contribution in [0.5, 0.6) is 0 Å². The maximum absolute atomic E-state index is 13.1. The molecule has 0 saturated heterocycles. The van der Waals surface area contributed by atoms with Crippen molar-refractivity contribution in [3.63, 3.8) is 0 Å². The van der Waals surface area contributed by atoms with Crippen molar-refractivity contribution in [2.45, 2.75) is 31.3 Å². The summed E-state index contributed by atoms with van der Waals surface area (Å²) in [5, 5.41) is 2.78. The minimum atomic E-state index is -4.76. The number of nitrogens with one attached hydrogen (secondary N) is 1. The summed E-state index contributed by atoms with van der Waals surface area (Å²) in [5.74, 6) is -1.33. The van der Waals surface area contributed by atoms with Crippen molar-refractivity contribution < 1.29 is 26.0 Å². The molecule has 0 unspecified atom stereocenters. The standard InChI is InChI=1S/C13H17F4NO2S/c1-12(2,21(3,19)20)8-18-7-9-4-5-11(14)10(6-9)13(15,16)17/h4-6,18H,7-8H2,1-3H3. The van der Waals surface area contributed by atoms with Gasteiger partial charge in [0, 0.05) is 19.3 Å². The number of halogens is 4. The summed E-state index contributed by atoms with van der Waals surface area (Å²) in [6.45, 7) is 3.12. The van der Waals surface area contributed by atoms with Gasteiger partial charge in [0.05, 0.1) is 10.3 Å². The van der Waals surface area contributed by atoms with E-state index in [2.05, 4.69) is 5.32 Å². The smallest absolute Gasteiger partial charge is 0.311 e. The van der Waals surface area contributed by atoms with Gasteiger partial charge in [0.25, 0.3) is 0 Å². The van der Waals surface area contributed by atoms with Gasteiger partial charge in [-0.05, 0) is 31.5 Å². The second-order valence-electron chi connectivity index (χ2n) is 5.45. The molecule has 1 aromatic carbocycles. The Morgan fingerprint density at radius 1 is 1.19 bits per heavy atom. The lowest BCUT2D eigenvalue weighted by molar-refractivity contribution is -0.140. The third kappa shape index (κ3) is 4.67. The molecule has 8 heteroatoms. The van der Waals surface area contributed by atoms with Crippen LogP contribution in [0.2, 0.25) is 0 Å². The van der Waals surface area contributed by atoms with Crippen molar-refractivity contribution in [2.75, 3.05) is 12.8 Å². The number of sulfone groups is 1. The molecule has 0 aliphatic heterocycles. The summed E-state index contributed by atoms with van der Waals surface area (Å²) in [7, 11) is -3.30. The van der Waals surface area contributed by atoms with Gasteiger partial charge < -0.3 is 5.32 Å². The Bertz CT molecular complexity index is 609. The van der Waals surface area contributed by atoms with Crippen LogP contribution >= 0.6 is 0 Å². The monoisotopic (exact) mass is 327 g/mol. The third-order valence-corrected chi connectivity index (χ3v) is 5.37. The molecule has 0 fully saturated rings. The number of benzene rings is 1. The van der Waals surface area contributed by atoms with Crippen LogP contribution in [-0.4, -0.2) is 26.0 Å². The maximum atomic E-state index is 13.1. The average Bonchev–Trinajstić information content (AvgIpc) is 2.28. The minimum absolute atomic E-state index is 0.0162. The van der Waals surface area contributed by atoms with Crippen molar-refractivity contribution in [1.29, 1.82) is 0 Å². The Hall–Kier alpha value is -1.15. The van der Waals surface area contributed by atoms with Crippen molar-refractivity contribution in [1.82, 2.24) is 5.32 Å². The molecule has 0 aromatic heterocycles. The summed E-state index contributed by atoms with van der Waals surface area (Å²) < 4.78 is 72.7. The molecule has 1 rings (SSSR count). The first-order valence-electron chi connectivity index (χ1n) is 6.10. The predicted molar refractivity (Wildman–Crippen MR) is 72.0 cm³/mol. The summed E-state index contributed by atoms with van der Waals surface area (Å²) in [6, 6.07) is 2.70. The number of hydrogen-bond donors (Lipinski definition) is 1. The molecule has 0 saturated carbocycles. The number of hydrogen-bond acceptors (Lipinski definition) is 3. The van der Waals surface area contributed by atoms with Crippen molar-refractivity contribution in [3.8, 4) is 0 Å². The van der Waals surface area contributed by atoms with Crippen LogP contribution in [0.4, 0.5) is 17.6 Å². The Morgan fingerprint density at radius 3 is 2.24 bits per heavy atom. The Labute approximate surface area is 121 Å². The highest BCUT2D eigenvalue weighted by atomic mass is 32.2. The van der Waals surface area contributed by atoms with E-state index in [9.17, 15) is 26.0 Å². The van der Waals surface area contributed by atoms with Gasteiger partial charge in [-0.2, -0.15) is 13.2 Å². The highest BCUT2D eigenvalue weighted by Crippen LogP contribution is 2.31. The molecule has 1 N–H and O–H groups in total. The van der Waals surface area contributed by atoms with E-state index in [1.165, 1.54) is 19.9 Å². The molecule has 1 aromatic rings. The quantitative estimate of drug-likeness (QED) is 0.846. The lowest BCUT2D eigenvalue weighted by Crippen LogP contribution is -2.41. The Kier molecular flexibility index (Phi) is 5.05. The molecule has 0 aliphatic carbocycles. The van der Waals surface area contributed by atoms with Gasteiger partial charge in [-0.25, -0.2) is 12.8 Å². The third-order valence-electron chi connectivity index (χ3n) is 3.22. The van der Waals surface area contributed by atoms with Gasteiger partial charge in [-0.1, -0.05) is 6.07 Å². The molecular formula is C13H17F4NO2S. The molecule has 3 nitrogen and oxygen atoms in total. The van der Waals surface area contributed by atoms with Gasteiger partial charge in [-0.15, -0.1) is 0 Å². The average molecular weight is 327 g/mol. The van der Waals surface area contributed by atoms with Gasteiger partial charge in [0.1, 0.15) is 5.82 Å². The molecule has 0 atom stereocenters. The SMILES string of the molecule is CC(C)(CNCc1ccc(F)c(C(F)(F)F)c1)S(C)(=O)=O. The summed E-state index contributed by atoms with van der Waals surface area (Å²) in [4.78, 5) is 0. The minimum Gasteiger partial charge on any atom is -0.311 e. The molecule has 0 amide bonds. The lowest BCUT2D eigenvalue weighted by Gasteiger charge is -2.23. The van der Waals surface area contributed by atoms with E-state index in [0.717, 1.165) is 18.4 Å². The first-order chi connectivity index (χ1) is 9.34. The number of rotatable bonds is 5. The second kappa shape index (κ2) is 5.92. The zero-order valence-electron chi connectivity index (χ0n) is 11.9. The van der Waals surface area contributed by atoms with Gasteiger partial charge >= 0.3 is 6.18 Å². The number of alkyl halides is 3. The highest BCUT2D eigenvalue weighted by Gasteiger charge is 2.34. The molecule has 21 heavy (non-hydrogen) atoms.